The van der Waals surface area contributed by atoms with Gasteiger partial charge in [-0.2, -0.15) is 0 Å². The molecule has 3 saturated heterocycles. The fourth-order valence-corrected chi connectivity index (χ4v) is 6.17. The Balaban J connectivity index is 1.23. The number of aliphatic carboxylic acids is 1. The Morgan fingerprint density at radius 3 is 2.30 bits per heavy atom. The normalized spacial score (nSPS) is 19.3. The van der Waals surface area contributed by atoms with Crippen molar-refractivity contribution < 1.29 is 24.2 Å². The summed E-state index contributed by atoms with van der Waals surface area (Å²) in [7, 11) is 0. The number of benzene rings is 1. The number of hydrogen-bond acceptors (Lipinski definition) is 8. The highest BCUT2D eigenvalue weighted by atomic mass is 16.5. The topological polar surface area (TPSA) is 119 Å². The molecule has 0 radical (unpaired) electrons. The van der Waals surface area contributed by atoms with E-state index in [0.717, 1.165) is 63.1 Å². The van der Waals surface area contributed by atoms with E-state index in [4.69, 9.17) is 9.84 Å². The zero-order valence-electron chi connectivity index (χ0n) is 25.2. The molecule has 3 fully saturated rings. The number of piperidine rings is 1. The number of piperazine rings is 1. The van der Waals surface area contributed by atoms with Crippen molar-refractivity contribution in [2.75, 3.05) is 90.5 Å². The number of carboxylic acids is 1. The van der Waals surface area contributed by atoms with E-state index < -0.39 is 5.97 Å². The smallest absolute Gasteiger partial charge is 0.317 e. The molecule has 1 aromatic heterocycles. The predicted octanol–water partition coefficient (Wildman–Crippen LogP) is 2.14. The van der Waals surface area contributed by atoms with E-state index in [2.05, 4.69) is 39.2 Å². The summed E-state index contributed by atoms with van der Waals surface area (Å²) in [5.41, 5.74) is 3.79. The standard InChI is InChI=1S/C32H44N6O5/c1-2-24-4-3-5-26(18-24)27-19-28(34-29(39)22-37-14-16-43-17-15-37)31(33-20-27)32(42)38-8-6-25(7-9-38)21-35-10-12-36(13-11-35)23-30(40)41/h3-5,18-20,25H,2,6-17,21-23H2,1H3,(H,34,39)(H,40,41). The minimum atomic E-state index is -0.778. The third-order valence-electron chi connectivity index (χ3n) is 8.75. The number of rotatable bonds is 10. The number of aromatic nitrogens is 1. The van der Waals surface area contributed by atoms with Crippen LogP contribution in [0.3, 0.4) is 0 Å². The second kappa shape index (κ2) is 14.9. The highest BCUT2D eigenvalue weighted by Gasteiger charge is 2.29. The van der Waals surface area contributed by atoms with Crippen LogP contribution in [0.1, 0.15) is 35.8 Å². The lowest BCUT2D eigenvalue weighted by atomic mass is 9.95. The van der Waals surface area contributed by atoms with Crippen LogP contribution in [-0.2, 0) is 20.7 Å². The van der Waals surface area contributed by atoms with E-state index in [1.54, 1.807) is 6.20 Å². The van der Waals surface area contributed by atoms with E-state index in [1.807, 2.05) is 28.0 Å². The van der Waals surface area contributed by atoms with Crippen molar-refractivity contribution in [3.63, 3.8) is 0 Å². The van der Waals surface area contributed by atoms with Crippen LogP contribution in [0, 0.1) is 5.92 Å². The van der Waals surface area contributed by atoms with E-state index in [0.29, 0.717) is 51.0 Å². The number of nitrogens with zero attached hydrogens (tertiary/aromatic N) is 5. The van der Waals surface area contributed by atoms with Crippen molar-refractivity contribution in [2.45, 2.75) is 26.2 Å². The highest BCUT2D eigenvalue weighted by molar-refractivity contribution is 6.03. The summed E-state index contributed by atoms with van der Waals surface area (Å²) in [6, 6.07) is 10.1. The van der Waals surface area contributed by atoms with E-state index in [1.165, 1.54) is 5.56 Å². The number of anilines is 1. The fourth-order valence-electron chi connectivity index (χ4n) is 6.17. The number of carbonyl (C=O) groups excluding carboxylic acids is 2. The molecule has 1 aromatic carbocycles. The number of nitrogens with one attached hydrogen (secondary N) is 1. The summed E-state index contributed by atoms with van der Waals surface area (Å²) >= 11 is 0. The molecule has 0 atom stereocenters. The molecule has 2 N–H and O–H groups in total. The van der Waals surface area contributed by atoms with Gasteiger partial charge in [0.05, 0.1) is 32.0 Å². The molecular weight excluding hydrogens is 548 g/mol. The van der Waals surface area contributed by atoms with Crippen molar-refractivity contribution in [1.82, 2.24) is 24.6 Å². The number of likely N-dealkylation sites (tertiary alicyclic amines) is 1. The van der Waals surface area contributed by atoms with E-state index in [9.17, 15) is 14.4 Å². The molecule has 43 heavy (non-hydrogen) atoms. The Morgan fingerprint density at radius 2 is 1.60 bits per heavy atom. The average Bonchev–Trinajstić information content (AvgIpc) is 3.02. The molecule has 2 amide bonds. The molecular formula is C32H44N6O5. The maximum Gasteiger partial charge on any atom is 0.317 e. The molecule has 3 aliphatic heterocycles. The number of carbonyl (C=O) groups is 3. The maximum absolute atomic E-state index is 13.8. The molecule has 2 aromatic rings. The van der Waals surface area contributed by atoms with Gasteiger partial charge in [0.2, 0.25) is 5.91 Å². The lowest BCUT2D eigenvalue weighted by molar-refractivity contribution is -0.138. The van der Waals surface area contributed by atoms with Gasteiger partial charge in [0.15, 0.2) is 5.69 Å². The molecule has 0 spiro atoms. The Morgan fingerprint density at radius 1 is 0.907 bits per heavy atom. The van der Waals surface area contributed by atoms with Gasteiger partial charge in [-0.3, -0.25) is 24.2 Å². The van der Waals surface area contributed by atoms with Gasteiger partial charge in [-0.25, -0.2) is 4.98 Å². The minimum Gasteiger partial charge on any atom is -0.480 e. The van der Waals surface area contributed by atoms with Crippen molar-refractivity contribution in [1.29, 1.82) is 0 Å². The predicted molar refractivity (Wildman–Crippen MR) is 164 cm³/mol. The minimum absolute atomic E-state index is 0.101. The summed E-state index contributed by atoms with van der Waals surface area (Å²) in [5, 5.41) is 12.1. The van der Waals surface area contributed by atoms with Gasteiger partial charge in [-0.1, -0.05) is 31.2 Å². The van der Waals surface area contributed by atoms with Crippen LogP contribution >= 0.6 is 0 Å². The molecule has 3 aliphatic rings. The number of pyridine rings is 1. The summed E-state index contributed by atoms with van der Waals surface area (Å²) in [6.07, 6.45) is 4.46. The monoisotopic (exact) mass is 592 g/mol. The zero-order chi connectivity index (χ0) is 30.2. The molecule has 11 heteroatoms. The third kappa shape index (κ3) is 8.60. The molecule has 232 valence electrons. The third-order valence-corrected chi connectivity index (χ3v) is 8.75. The van der Waals surface area contributed by atoms with Gasteiger partial charge in [-0.15, -0.1) is 0 Å². The molecule has 0 aliphatic carbocycles. The molecule has 0 saturated carbocycles. The number of amides is 2. The van der Waals surface area contributed by atoms with Crippen molar-refractivity contribution in [3.8, 4) is 11.1 Å². The van der Waals surface area contributed by atoms with Crippen LogP contribution in [0.15, 0.2) is 36.5 Å². The average molecular weight is 593 g/mol. The molecule has 0 unspecified atom stereocenters. The lowest BCUT2D eigenvalue weighted by Crippen LogP contribution is -2.50. The SMILES string of the molecule is CCc1cccc(-c2cnc(C(=O)N3CCC(CN4CCN(CC(=O)O)CC4)CC3)c(NC(=O)CN3CCOCC3)c2)c1. The lowest BCUT2D eigenvalue weighted by Gasteiger charge is -2.38. The molecule has 11 nitrogen and oxygen atoms in total. The van der Waals surface area contributed by atoms with Crippen molar-refractivity contribution >= 4 is 23.5 Å². The number of aryl methyl sites for hydroxylation is 1. The second-order valence-electron chi connectivity index (χ2n) is 11.8. The zero-order valence-corrected chi connectivity index (χ0v) is 25.2. The van der Waals surface area contributed by atoms with Crippen LogP contribution in [0.2, 0.25) is 0 Å². The Kier molecular flexibility index (Phi) is 10.7. The van der Waals surface area contributed by atoms with Gasteiger partial charge in [0.25, 0.3) is 5.91 Å². The quantitative estimate of drug-likeness (QED) is 0.428. The molecule has 0 bridgehead atoms. The first-order chi connectivity index (χ1) is 20.9. The van der Waals surface area contributed by atoms with E-state index in [-0.39, 0.29) is 30.6 Å². The van der Waals surface area contributed by atoms with Crippen LogP contribution in [0.5, 0.6) is 0 Å². The number of ether oxygens (including phenoxy) is 1. The first-order valence-corrected chi connectivity index (χ1v) is 15.5. The van der Waals surface area contributed by atoms with Crippen LogP contribution in [-0.4, -0.2) is 133 Å². The van der Waals surface area contributed by atoms with Gasteiger partial charge >= 0.3 is 5.97 Å². The van der Waals surface area contributed by atoms with Gasteiger partial charge in [0, 0.05) is 70.7 Å². The van der Waals surface area contributed by atoms with Crippen LogP contribution < -0.4 is 5.32 Å². The Hall–Kier alpha value is -3.38. The largest absolute Gasteiger partial charge is 0.480 e. The second-order valence-corrected chi connectivity index (χ2v) is 11.8. The summed E-state index contributed by atoms with van der Waals surface area (Å²) in [6.45, 7) is 10.6. The number of carboxylic acid groups (broad SMARTS) is 1. The van der Waals surface area contributed by atoms with E-state index >= 15 is 0 Å². The van der Waals surface area contributed by atoms with Gasteiger partial charge in [-0.05, 0) is 42.4 Å². The van der Waals surface area contributed by atoms with Crippen LogP contribution in [0.4, 0.5) is 5.69 Å². The summed E-state index contributed by atoms with van der Waals surface area (Å²) in [4.78, 5) is 50.8. The van der Waals surface area contributed by atoms with Crippen LogP contribution in [0.25, 0.3) is 11.1 Å². The van der Waals surface area contributed by atoms with Gasteiger partial charge in [0.1, 0.15) is 0 Å². The van der Waals surface area contributed by atoms with Gasteiger partial charge < -0.3 is 25.0 Å². The molecule has 4 heterocycles. The van der Waals surface area contributed by atoms with Crippen molar-refractivity contribution in [3.05, 3.63) is 47.8 Å². The fraction of sp³-hybridized carbons (Fsp3) is 0.562. The Bertz CT molecular complexity index is 1270. The first-order valence-electron chi connectivity index (χ1n) is 15.5. The molecule has 5 rings (SSSR count). The highest BCUT2D eigenvalue weighted by Crippen LogP contribution is 2.28. The Labute approximate surface area is 253 Å². The summed E-state index contributed by atoms with van der Waals surface area (Å²) < 4.78 is 5.41. The maximum atomic E-state index is 13.8. The first kappa shape index (κ1) is 31.1. The number of hydrogen-bond donors (Lipinski definition) is 2. The summed E-state index contributed by atoms with van der Waals surface area (Å²) in [5.74, 6) is -0.611. The van der Waals surface area contributed by atoms with Crippen molar-refractivity contribution in [2.24, 2.45) is 5.92 Å². The number of morpholine rings is 1.